The molecule has 46 heavy (non-hydrogen) atoms. The zero-order valence-electron chi connectivity index (χ0n) is 26.5. The Bertz CT molecular complexity index is 1870. The fourth-order valence-corrected chi connectivity index (χ4v) is 6.24. The van der Waals surface area contributed by atoms with E-state index in [4.69, 9.17) is 0 Å². The molecule has 0 saturated carbocycles. The molecule has 3 N–H and O–H groups in total. The van der Waals surface area contributed by atoms with Gasteiger partial charge in [-0.1, -0.05) is 67.6 Å². The number of urea groups is 1. The lowest BCUT2D eigenvalue weighted by atomic mass is 9.92. The van der Waals surface area contributed by atoms with E-state index in [1.807, 2.05) is 118 Å². The minimum Gasteiger partial charge on any atom is -0.361 e. The number of carbonyl (C=O) groups is 3. The SMILES string of the molecule is CC(c1c[nH]c2ccccc12)C(NC(=O)N1CCN(C(=O)c2ccc3ccccc3c2)CC1)C(=O)Nc1cccc(CN(C)C)c1. The van der Waals surface area contributed by atoms with Crippen LogP contribution >= 0.6 is 0 Å². The zero-order valence-corrected chi connectivity index (χ0v) is 26.5. The summed E-state index contributed by atoms with van der Waals surface area (Å²) in [6, 6.07) is 28.2. The molecule has 1 aliphatic heterocycles. The number of rotatable bonds is 8. The molecule has 0 bridgehead atoms. The van der Waals surface area contributed by atoms with Crippen LogP contribution in [-0.2, 0) is 11.3 Å². The number of H-pyrrole nitrogens is 1. The van der Waals surface area contributed by atoms with E-state index < -0.39 is 6.04 Å². The molecule has 2 heterocycles. The van der Waals surface area contributed by atoms with Crippen molar-refractivity contribution in [2.75, 3.05) is 45.6 Å². The van der Waals surface area contributed by atoms with E-state index in [-0.39, 0.29) is 23.8 Å². The van der Waals surface area contributed by atoms with Gasteiger partial charge in [0, 0.05) is 67.0 Å². The minimum atomic E-state index is -0.846. The quantitative estimate of drug-likeness (QED) is 0.209. The summed E-state index contributed by atoms with van der Waals surface area (Å²) in [5, 5.41) is 9.22. The van der Waals surface area contributed by atoms with Gasteiger partial charge in [0.15, 0.2) is 0 Å². The molecule has 5 aromatic rings. The molecule has 1 aromatic heterocycles. The lowest BCUT2D eigenvalue weighted by molar-refractivity contribution is -0.118. The average Bonchev–Trinajstić information content (AvgIpc) is 3.50. The summed E-state index contributed by atoms with van der Waals surface area (Å²) in [6.45, 7) is 4.26. The number of para-hydroxylation sites is 1. The van der Waals surface area contributed by atoms with Crippen molar-refractivity contribution in [1.29, 1.82) is 0 Å². The number of anilines is 1. The van der Waals surface area contributed by atoms with E-state index in [9.17, 15) is 14.4 Å². The first kappa shape index (κ1) is 30.9. The van der Waals surface area contributed by atoms with E-state index in [0.717, 1.165) is 39.3 Å². The molecule has 0 radical (unpaired) electrons. The van der Waals surface area contributed by atoms with Crippen molar-refractivity contribution in [2.24, 2.45) is 0 Å². The molecule has 1 aliphatic rings. The molecule has 0 aliphatic carbocycles. The number of fused-ring (bicyclic) bond motifs is 2. The van der Waals surface area contributed by atoms with E-state index in [1.165, 1.54) is 0 Å². The number of nitrogens with zero attached hydrogens (tertiary/aromatic N) is 3. The average molecular weight is 617 g/mol. The van der Waals surface area contributed by atoms with Crippen molar-refractivity contribution in [1.82, 2.24) is 25.0 Å². The van der Waals surface area contributed by atoms with Crippen LogP contribution in [0.3, 0.4) is 0 Å². The lowest BCUT2D eigenvalue weighted by Gasteiger charge is -2.36. The summed E-state index contributed by atoms with van der Waals surface area (Å²) >= 11 is 0. The maximum atomic E-state index is 13.9. The van der Waals surface area contributed by atoms with E-state index in [0.29, 0.717) is 37.4 Å². The Labute approximate surface area is 269 Å². The molecule has 4 aromatic carbocycles. The topological polar surface area (TPSA) is 101 Å². The largest absolute Gasteiger partial charge is 0.361 e. The van der Waals surface area contributed by atoms with Gasteiger partial charge in [0.1, 0.15) is 6.04 Å². The summed E-state index contributed by atoms with van der Waals surface area (Å²) in [6.07, 6.45) is 1.91. The van der Waals surface area contributed by atoms with Gasteiger partial charge in [-0.05, 0) is 66.3 Å². The highest BCUT2D eigenvalue weighted by molar-refractivity contribution is 6.00. The molecule has 9 heteroatoms. The van der Waals surface area contributed by atoms with Crippen LogP contribution in [0, 0.1) is 0 Å². The van der Waals surface area contributed by atoms with Crippen molar-refractivity contribution >= 4 is 45.2 Å². The minimum absolute atomic E-state index is 0.0486. The Morgan fingerprint density at radius 1 is 0.826 bits per heavy atom. The fourth-order valence-electron chi connectivity index (χ4n) is 6.24. The third-order valence-electron chi connectivity index (χ3n) is 8.72. The van der Waals surface area contributed by atoms with Gasteiger partial charge >= 0.3 is 6.03 Å². The summed E-state index contributed by atoms with van der Waals surface area (Å²) in [4.78, 5) is 49.8. The monoisotopic (exact) mass is 616 g/mol. The number of benzene rings is 4. The maximum Gasteiger partial charge on any atom is 0.318 e. The van der Waals surface area contributed by atoms with Crippen LogP contribution in [0.5, 0.6) is 0 Å². The number of aromatic amines is 1. The summed E-state index contributed by atoms with van der Waals surface area (Å²) in [5.41, 5.74) is 4.30. The molecule has 1 saturated heterocycles. The van der Waals surface area contributed by atoms with Gasteiger partial charge in [-0.2, -0.15) is 0 Å². The molecule has 1 fully saturated rings. The molecule has 236 valence electrons. The predicted octanol–water partition coefficient (Wildman–Crippen LogP) is 5.66. The number of hydrogen-bond donors (Lipinski definition) is 3. The molecule has 2 atom stereocenters. The summed E-state index contributed by atoms with van der Waals surface area (Å²) in [7, 11) is 4.00. The molecule has 6 rings (SSSR count). The van der Waals surface area contributed by atoms with Crippen molar-refractivity contribution in [2.45, 2.75) is 25.4 Å². The Morgan fingerprint density at radius 2 is 1.54 bits per heavy atom. The predicted molar refractivity (Wildman–Crippen MR) is 183 cm³/mol. The first-order chi connectivity index (χ1) is 22.3. The van der Waals surface area contributed by atoms with Gasteiger partial charge in [0.05, 0.1) is 0 Å². The molecule has 4 amide bonds. The van der Waals surface area contributed by atoms with Crippen molar-refractivity contribution < 1.29 is 14.4 Å². The number of carbonyl (C=O) groups excluding carboxylic acids is 3. The van der Waals surface area contributed by atoms with Crippen molar-refractivity contribution in [3.8, 4) is 0 Å². The lowest BCUT2D eigenvalue weighted by Crippen LogP contribution is -2.57. The van der Waals surface area contributed by atoms with Gasteiger partial charge in [0.25, 0.3) is 5.91 Å². The summed E-state index contributed by atoms with van der Waals surface area (Å²) in [5.74, 6) is -0.674. The first-order valence-corrected chi connectivity index (χ1v) is 15.7. The normalized spacial score (nSPS) is 14.8. The Kier molecular flexibility index (Phi) is 9.03. The number of aromatic nitrogens is 1. The van der Waals surface area contributed by atoms with Crippen LogP contribution in [0.2, 0.25) is 0 Å². The number of amides is 4. The standard InChI is InChI=1S/C37H40N6O3/c1-25(32-23-38-33-14-7-6-13-31(32)33)34(35(44)39-30-12-8-9-26(21-30)24-41(2)3)40-37(46)43-19-17-42(18-20-43)36(45)29-16-15-27-10-4-5-11-28(27)22-29/h4-16,21-23,25,34,38H,17-20,24H2,1-3H3,(H,39,44)(H,40,46). The smallest absolute Gasteiger partial charge is 0.318 e. The van der Waals surface area contributed by atoms with E-state index in [2.05, 4.69) is 20.5 Å². The van der Waals surface area contributed by atoms with Crippen molar-refractivity contribution in [3.63, 3.8) is 0 Å². The molecule has 9 nitrogen and oxygen atoms in total. The Balaban J connectivity index is 1.16. The van der Waals surface area contributed by atoms with Gasteiger partial charge in [-0.3, -0.25) is 9.59 Å². The Hall–Kier alpha value is -5.15. The number of nitrogens with one attached hydrogen (secondary N) is 3. The highest BCUT2D eigenvalue weighted by atomic mass is 16.2. The summed E-state index contributed by atoms with van der Waals surface area (Å²) < 4.78 is 0. The van der Waals surface area contributed by atoms with Gasteiger partial charge in [0.2, 0.25) is 5.91 Å². The van der Waals surface area contributed by atoms with Crippen LogP contribution in [0.4, 0.5) is 10.5 Å². The second kappa shape index (κ2) is 13.5. The third-order valence-corrected chi connectivity index (χ3v) is 8.72. The highest BCUT2D eigenvalue weighted by Crippen LogP contribution is 2.29. The van der Waals surface area contributed by atoms with E-state index in [1.54, 1.807) is 9.80 Å². The molecular formula is C37H40N6O3. The highest BCUT2D eigenvalue weighted by Gasteiger charge is 2.33. The molecular weight excluding hydrogens is 576 g/mol. The fraction of sp³-hybridized carbons (Fsp3) is 0.270. The molecule has 2 unspecified atom stereocenters. The maximum absolute atomic E-state index is 13.9. The van der Waals surface area contributed by atoms with Crippen LogP contribution in [0.15, 0.2) is 97.2 Å². The van der Waals surface area contributed by atoms with Gasteiger partial charge in [-0.25, -0.2) is 4.79 Å². The zero-order chi connectivity index (χ0) is 32.2. The molecule has 0 spiro atoms. The number of hydrogen-bond acceptors (Lipinski definition) is 4. The van der Waals surface area contributed by atoms with Crippen molar-refractivity contribution in [3.05, 3.63) is 114 Å². The second-order valence-electron chi connectivity index (χ2n) is 12.3. The second-order valence-corrected chi connectivity index (χ2v) is 12.3. The Morgan fingerprint density at radius 3 is 2.33 bits per heavy atom. The van der Waals surface area contributed by atoms with E-state index >= 15 is 0 Å². The first-order valence-electron chi connectivity index (χ1n) is 15.7. The van der Waals surface area contributed by atoms with Crippen LogP contribution < -0.4 is 10.6 Å². The third kappa shape index (κ3) is 6.74. The van der Waals surface area contributed by atoms with Crippen LogP contribution in [0.25, 0.3) is 21.7 Å². The van der Waals surface area contributed by atoms with Gasteiger partial charge < -0.3 is 30.3 Å². The van der Waals surface area contributed by atoms with Crippen LogP contribution in [0.1, 0.15) is 34.3 Å². The number of piperazine rings is 1. The van der Waals surface area contributed by atoms with Crippen LogP contribution in [-0.4, -0.2) is 83.8 Å². The van der Waals surface area contributed by atoms with Gasteiger partial charge in [-0.15, -0.1) is 0 Å².